The van der Waals surface area contributed by atoms with Crippen LogP contribution in [0.2, 0.25) is 0 Å². The van der Waals surface area contributed by atoms with E-state index in [2.05, 4.69) is 30.0 Å². The van der Waals surface area contributed by atoms with Crippen molar-refractivity contribution >= 4 is 16.2 Å². The lowest BCUT2D eigenvalue weighted by atomic mass is 9.64. The Hall–Kier alpha value is -3.70. The molecule has 0 aromatic heterocycles. The van der Waals surface area contributed by atoms with Gasteiger partial charge in [0.15, 0.2) is 11.5 Å². The van der Waals surface area contributed by atoms with E-state index in [-0.39, 0.29) is 18.6 Å². The van der Waals surface area contributed by atoms with Gasteiger partial charge in [0, 0.05) is 28.8 Å². The molecular formula is C30H34N4O6S. The summed E-state index contributed by atoms with van der Waals surface area (Å²) in [6, 6.07) is 5.69. The summed E-state index contributed by atoms with van der Waals surface area (Å²) in [6.07, 6.45) is 7.68. The number of nitrogens with one attached hydrogen (secondary N) is 3. The topological polar surface area (TPSA) is 141 Å². The first kappa shape index (κ1) is 26.2. The molecule has 5 N–H and O–H groups in total. The van der Waals surface area contributed by atoms with Crippen LogP contribution in [-0.2, 0) is 25.8 Å². The Labute approximate surface area is 239 Å². The SMILES string of the molecule is CCC1=C2C(OS(N)(=O)=O)=CC3=C(NNC4=C3CC3=C4C(C(=O)NCc4ccc5c(c4)OCO5)CC3)C2(C)CCC1. The van der Waals surface area contributed by atoms with Gasteiger partial charge >= 0.3 is 10.3 Å². The molecule has 0 bridgehead atoms. The van der Waals surface area contributed by atoms with Crippen LogP contribution in [0.5, 0.6) is 11.5 Å². The second-order valence-electron chi connectivity index (χ2n) is 11.7. The van der Waals surface area contributed by atoms with Crippen LogP contribution in [-0.4, -0.2) is 21.1 Å². The molecule has 0 fully saturated rings. The van der Waals surface area contributed by atoms with Crippen molar-refractivity contribution in [2.75, 3.05) is 6.79 Å². The molecule has 0 spiro atoms. The molecule has 2 aliphatic heterocycles. The van der Waals surface area contributed by atoms with Crippen molar-refractivity contribution in [3.8, 4) is 11.5 Å². The van der Waals surface area contributed by atoms with Crippen LogP contribution in [0.15, 0.2) is 74.9 Å². The number of amides is 1. The molecule has 7 rings (SSSR count). The van der Waals surface area contributed by atoms with Crippen molar-refractivity contribution in [2.45, 2.75) is 65.3 Å². The van der Waals surface area contributed by atoms with Gasteiger partial charge in [0.2, 0.25) is 12.7 Å². The highest BCUT2D eigenvalue weighted by Gasteiger charge is 2.48. The summed E-state index contributed by atoms with van der Waals surface area (Å²) in [5, 5.41) is 8.49. The molecule has 6 aliphatic rings. The van der Waals surface area contributed by atoms with Gasteiger partial charge in [0.25, 0.3) is 0 Å². The molecule has 41 heavy (non-hydrogen) atoms. The molecule has 0 saturated heterocycles. The molecule has 2 heterocycles. The third-order valence-corrected chi connectivity index (χ3v) is 9.73. The van der Waals surface area contributed by atoms with Crippen LogP contribution in [0.1, 0.15) is 64.4 Å². The minimum Gasteiger partial charge on any atom is -0.454 e. The first-order valence-electron chi connectivity index (χ1n) is 14.2. The zero-order chi connectivity index (χ0) is 28.5. The predicted molar refractivity (Wildman–Crippen MR) is 151 cm³/mol. The van der Waals surface area contributed by atoms with E-state index in [9.17, 15) is 13.2 Å². The quantitative estimate of drug-likeness (QED) is 0.400. The largest absolute Gasteiger partial charge is 0.454 e. The number of hydrazine groups is 1. The monoisotopic (exact) mass is 578 g/mol. The van der Waals surface area contributed by atoms with Crippen molar-refractivity contribution in [1.29, 1.82) is 0 Å². The van der Waals surface area contributed by atoms with Crippen molar-refractivity contribution in [3.05, 3.63) is 80.4 Å². The molecular weight excluding hydrogens is 544 g/mol. The third-order valence-electron chi connectivity index (χ3n) is 9.32. The maximum absolute atomic E-state index is 13.5. The number of nitrogens with two attached hydrogens (primary N) is 1. The molecule has 4 aliphatic carbocycles. The molecule has 11 heteroatoms. The highest BCUT2D eigenvalue weighted by molar-refractivity contribution is 7.84. The van der Waals surface area contributed by atoms with E-state index in [0.717, 1.165) is 77.8 Å². The molecule has 1 aromatic rings. The first-order valence-corrected chi connectivity index (χ1v) is 15.7. The molecule has 0 radical (unpaired) electrons. The van der Waals surface area contributed by atoms with Gasteiger partial charge in [0.05, 0.1) is 11.6 Å². The normalized spacial score (nSPS) is 26.1. The van der Waals surface area contributed by atoms with E-state index in [1.807, 2.05) is 24.3 Å². The van der Waals surface area contributed by atoms with Crippen LogP contribution >= 0.6 is 0 Å². The van der Waals surface area contributed by atoms with Crippen molar-refractivity contribution in [2.24, 2.45) is 16.5 Å². The number of hydrogen-bond acceptors (Lipinski definition) is 8. The Bertz CT molecular complexity index is 1650. The zero-order valence-electron chi connectivity index (χ0n) is 23.2. The molecule has 216 valence electrons. The fraction of sp³-hybridized carbons (Fsp3) is 0.433. The smallest absolute Gasteiger partial charge is 0.380 e. The molecule has 1 amide bonds. The maximum Gasteiger partial charge on any atom is 0.380 e. The van der Waals surface area contributed by atoms with Crippen molar-refractivity contribution in [1.82, 2.24) is 16.2 Å². The van der Waals surface area contributed by atoms with Crippen LogP contribution in [0.4, 0.5) is 0 Å². The number of allylic oxidation sites excluding steroid dienone is 8. The number of carbonyl (C=O) groups is 1. The van der Waals surface area contributed by atoms with E-state index in [4.69, 9.17) is 18.8 Å². The second kappa shape index (κ2) is 9.42. The fourth-order valence-electron chi connectivity index (χ4n) is 7.52. The average Bonchev–Trinajstić information content (AvgIpc) is 3.65. The van der Waals surface area contributed by atoms with Crippen LogP contribution in [0.25, 0.3) is 0 Å². The van der Waals surface area contributed by atoms with E-state index in [0.29, 0.717) is 30.2 Å². The Balaban J connectivity index is 1.19. The first-order chi connectivity index (χ1) is 19.7. The number of ether oxygens (including phenoxy) is 2. The summed E-state index contributed by atoms with van der Waals surface area (Å²) in [5.41, 5.74) is 15.7. The summed E-state index contributed by atoms with van der Waals surface area (Å²) in [6.45, 7) is 4.84. The summed E-state index contributed by atoms with van der Waals surface area (Å²) in [4.78, 5) is 13.5. The Morgan fingerprint density at radius 1 is 1.22 bits per heavy atom. The minimum atomic E-state index is -4.22. The van der Waals surface area contributed by atoms with Gasteiger partial charge < -0.3 is 29.8 Å². The number of fused-ring (bicyclic) bond motifs is 5. The Morgan fingerprint density at radius 3 is 2.85 bits per heavy atom. The zero-order valence-corrected chi connectivity index (χ0v) is 24.0. The number of rotatable bonds is 6. The second-order valence-corrected chi connectivity index (χ2v) is 12.8. The van der Waals surface area contributed by atoms with Gasteiger partial charge in [-0.25, -0.2) is 0 Å². The Kier molecular flexibility index (Phi) is 6.02. The number of benzene rings is 1. The van der Waals surface area contributed by atoms with E-state index in [1.54, 1.807) is 0 Å². The molecule has 2 atom stereocenters. The standard InChI is InChI=1S/C30H34N4O6S/c1-3-17-5-4-10-30(2)26(17)24(40-41(31,36)37)13-21-20-12-18-7-8-19(25(18)27(20)33-34-28(21)30)29(35)32-14-16-6-9-22-23(11-16)39-15-38-22/h6,9,11,13,19,33-34H,3-5,7-8,10,12,14-15H2,1-2H3,(H,32,35)(H2,31,36,37). The predicted octanol–water partition coefficient (Wildman–Crippen LogP) is 3.77. The highest BCUT2D eigenvalue weighted by Crippen LogP contribution is 2.57. The highest BCUT2D eigenvalue weighted by atomic mass is 32.2. The summed E-state index contributed by atoms with van der Waals surface area (Å²) < 4.78 is 40.6. The molecule has 2 unspecified atom stereocenters. The molecule has 1 aromatic carbocycles. The minimum absolute atomic E-state index is 0.0162. The van der Waals surface area contributed by atoms with Gasteiger partial charge in [-0.3, -0.25) is 4.79 Å². The van der Waals surface area contributed by atoms with E-state index < -0.39 is 15.7 Å². The van der Waals surface area contributed by atoms with Crippen molar-refractivity contribution < 1.29 is 26.9 Å². The lowest BCUT2D eigenvalue weighted by Crippen LogP contribution is -2.46. The third kappa shape index (κ3) is 4.25. The van der Waals surface area contributed by atoms with Crippen LogP contribution in [0.3, 0.4) is 0 Å². The van der Waals surface area contributed by atoms with Gasteiger partial charge in [0.1, 0.15) is 5.76 Å². The average molecular weight is 579 g/mol. The number of carbonyl (C=O) groups excluding carboxylic acids is 1. The molecule has 10 nitrogen and oxygen atoms in total. The fourth-order valence-corrected chi connectivity index (χ4v) is 7.90. The van der Waals surface area contributed by atoms with E-state index in [1.165, 1.54) is 11.1 Å². The number of hydrogen-bond donors (Lipinski definition) is 4. The molecule has 0 saturated carbocycles. The maximum atomic E-state index is 13.5. The van der Waals surface area contributed by atoms with E-state index >= 15 is 0 Å². The summed E-state index contributed by atoms with van der Waals surface area (Å²) >= 11 is 0. The van der Waals surface area contributed by atoms with Gasteiger partial charge in [-0.05, 0) is 86.8 Å². The summed E-state index contributed by atoms with van der Waals surface area (Å²) in [7, 11) is -4.22. The van der Waals surface area contributed by atoms with Gasteiger partial charge in [-0.1, -0.05) is 24.1 Å². The lowest BCUT2D eigenvalue weighted by molar-refractivity contribution is -0.124. The van der Waals surface area contributed by atoms with Crippen LogP contribution in [0, 0.1) is 11.3 Å². The van der Waals surface area contributed by atoms with Gasteiger partial charge in [-0.2, -0.15) is 13.6 Å². The lowest BCUT2D eigenvalue weighted by Gasteiger charge is -2.45. The van der Waals surface area contributed by atoms with Gasteiger partial charge in [-0.15, -0.1) is 0 Å². The van der Waals surface area contributed by atoms with Crippen LogP contribution < -0.4 is 30.8 Å². The van der Waals surface area contributed by atoms with Crippen molar-refractivity contribution in [3.63, 3.8) is 0 Å². The Morgan fingerprint density at radius 2 is 2.05 bits per heavy atom. The summed E-state index contributed by atoms with van der Waals surface area (Å²) in [5.74, 6) is 1.42.